The van der Waals surface area contributed by atoms with Crippen LogP contribution in [-0.4, -0.2) is 20.7 Å². The molecule has 0 aliphatic heterocycles. The highest BCUT2D eigenvalue weighted by Crippen LogP contribution is 2.38. The third-order valence-corrected chi connectivity index (χ3v) is 4.71. The van der Waals surface area contributed by atoms with Crippen molar-refractivity contribution < 1.29 is 31.5 Å². The first-order chi connectivity index (χ1) is 14.8. The summed E-state index contributed by atoms with van der Waals surface area (Å²) in [5.41, 5.74) is 2.05. The molecule has 3 rings (SSSR count). The molecule has 0 saturated carbocycles. The summed E-state index contributed by atoms with van der Waals surface area (Å²) in [5.74, 6) is -3.00. The molecule has 0 aliphatic rings. The lowest BCUT2D eigenvalue weighted by Crippen LogP contribution is -2.30. The van der Waals surface area contributed by atoms with Crippen molar-refractivity contribution in [2.24, 2.45) is 5.73 Å². The van der Waals surface area contributed by atoms with Gasteiger partial charge in [0.25, 0.3) is 0 Å². The lowest BCUT2D eigenvalue weighted by Gasteiger charge is -2.26. The van der Waals surface area contributed by atoms with Gasteiger partial charge in [-0.25, -0.2) is 8.78 Å². The molecule has 1 heterocycles. The average molecular weight is 454 g/mol. The summed E-state index contributed by atoms with van der Waals surface area (Å²) in [6, 6.07) is 5.68. The van der Waals surface area contributed by atoms with Crippen molar-refractivity contribution in [3.05, 3.63) is 65.0 Å². The number of hydrogen-bond acceptors (Lipinski definition) is 4. The molecule has 170 valence electrons. The van der Waals surface area contributed by atoms with Crippen molar-refractivity contribution in [1.82, 2.24) is 14.8 Å². The largest absolute Gasteiger partial charge is 0.477 e. The van der Waals surface area contributed by atoms with Gasteiger partial charge in [0, 0.05) is 23.7 Å². The number of primary amides is 1. The fourth-order valence-corrected chi connectivity index (χ4v) is 3.25. The van der Waals surface area contributed by atoms with Gasteiger partial charge >= 0.3 is 6.18 Å². The smallest absolute Gasteiger partial charge is 0.417 e. The van der Waals surface area contributed by atoms with E-state index in [9.17, 15) is 26.7 Å². The Balaban J connectivity index is 2.11. The van der Waals surface area contributed by atoms with Crippen LogP contribution in [0.25, 0.3) is 11.4 Å². The molecule has 0 bridgehead atoms. The van der Waals surface area contributed by atoms with Crippen LogP contribution < -0.4 is 10.5 Å². The molecule has 11 heteroatoms. The minimum atomic E-state index is -4.80. The van der Waals surface area contributed by atoms with Crippen molar-refractivity contribution in [3.8, 4) is 17.1 Å². The molecule has 2 aromatic carbocycles. The molecule has 2 N–H and O–H groups in total. The Hall–Kier alpha value is -3.50. The molecule has 0 fully saturated rings. The van der Waals surface area contributed by atoms with Gasteiger partial charge < -0.3 is 15.0 Å². The maximum absolute atomic E-state index is 14.1. The Morgan fingerprint density at radius 2 is 1.78 bits per heavy atom. The van der Waals surface area contributed by atoms with Gasteiger partial charge in [-0.1, -0.05) is 0 Å². The zero-order valence-electron chi connectivity index (χ0n) is 17.3. The van der Waals surface area contributed by atoms with E-state index in [4.69, 9.17) is 10.5 Å². The first kappa shape index (κ1) is 23.2. The number of hydrogen-bond donors (Lipinski definition) is 1. The molecule has 0 spiro atoms. The number of alkyl halides is 3. The van der Waals surface area contributed by atoms with Gasteiger partial charge in [-0.2, -0.15) is 13.2 Å². The predicted octanol–water partition coefficient (Wildman–Crippen LogP) is 4.68. The number of carbonyl (C=O) groups is 1. The summed E-state index contributed by atoms with van der Waals surface area (Å²) >= 11 is 0. The molecule has 0 unspecified atom stereocenters. The number of nitrogens with two attached hydrogens (primary N) is 1. The van der Waals surface area contributed by atoms with Crippen LogP contribution in [0.4, 0.5) is 22.0 Å². The molecule has 0 saturated heterocycles. The van der Waals surface area contributed by atoms with E-state index in [1.165, 1.54) is 18.4 Å². The standard InChI is InChI=1S/C21H19F5N4O2/c1-4-30-18(13-7-5-11(17(27)31)9-14(13)21(24,25)26)28-29-19(30)20(2,3)32-16-8-6-12(22)10-15(16)23/h5-10H,4H2,1-3H3,(H2,27,31). The van der Waals surface area contributed by atoms with Crippen molar-refractivity contribution >= 4 is 5.91 Å². The molecule has 0 radical (unpaired) electrons. The number of amides is 1. The fraction of sp³-hybridized carbons (Fsp3) is 0.286. The predicted molar refractivity (Wildman–Crippen MR) is 105 cm³/mol. The molecular weight excluding hydrogens is 435 g/mol. The summed E-state index contributed by atoms with van der Waals surface area (Å²) < 4.78 is 75.4. The van der Waals surface area contributed by atoms with Crippen molar-refractivity contribution in [1.29, 1.82) is 0 Å². The summed E-state index contributed by atoms with van der Waals surface area (Å²) in [7, 11) is 0. The van der Waals surface area contributed by atoms with E-state index < -0.39 is 34.9 Å². The normalized spacial score (nSPS) is 12.1. The summed E-state index contributed by atoms with van der Waals surface area (Å²) in [5, 5.41) is 7.90. The van der Waals surface area contributed by atoms with E-state index in [0.717, 1.165) is 24.3 Å². The van der Waals surface area contributed by atoms with Gasteiger partial charge in [0.15, 0.2) is 28.8 Å². The number of benzene rings is 2. The van der Waals surface area contributed by atoms with Crippen LogP contribution in [0.15, 0.2) is 36.4 Å². The third-order valence-electron chi connectivity index (χ3n) is 4.71. The second kappa shape index (κ2) is 8.21. The third kappa shape index (κ3) is 4.41. The monoisotopic (exact) mass is 454 g/mol. The number of ether oxygens (including phenoxy) is 1. The Morgan fingerprint density at radius 3 is 2.34 bits per heavy atom. The van der Waals surface area contributed by atoms with Crippen molar-refractivity contribution in [2.45, 2.75) is 39.1 Å². The maximum atomic E-state index is 14.1. The SMILES string of the molecule is CCn1c(-c2ccc(C(N)=O)cc2C(F)(F)F)nnc1C(C)(C)Oc1ccc(F)cc1F. The van der Waals surface area contributed by atoms with Crippen molar-refractivity contribution in [3.63, 3.8) is 0 Å². The van der Waals surface area contributed by atoms with Crippen LogP contribution in [0.5, 0.6) is 5.75 Å². The number of nitrogens with zero attached hydrogens (tertiary/aromatic N) is 3. The Labute approximate surface area is 179 Å². The molecule has 0 atom stereocenters. The Morgan fingerprint density at radius 1 is 1.09 bits per heavy atom. The highest BCUT2D eigenvalue weighted by Gasteiger charge is 2.37. The Bertz CT molecular complexity index is 1170. The second-order valence-electron chi connectivity index (χ2n) is 7.40. The summed E-state index contributed by atoms with van der Waals surface area (Å²) in [4.78, 5) is 11.4. The van der Waals surface area contributed by atoms with Crippen LogP contribution in [0.2, 0.25) is 0 Å². The topological polar surface area (TPSA) is 83.0 Å². The van der Waals surface area contributed by atoms with E-state index in [0.29, 0.717) is 12.1 Å². The van der Waals surface area contributed by atoms with Crippen LogP contribution in [0.1, 0.15) is 42.5 Å². The van der Waals surface area contributed by atoms with Crippen LogP contribution in [-0.2, 0) is 18.3 Å². The molecule has 0 aliphatic carbocycles. The number of halogens is 5. The average Bonchev–Trinajstić information content (AvgIpc) is 3.14. The Kier molecular flexibility index (Phi) is 5.94. The molecule has 6 nitrogen and oxygen atoms in total. The van der Waals surface area contributed by atoms with E-state index in [1.54, 1.807) is 6.92 Å². The minimum Gasteiger partial charge on any atom is -0.477 e. The minimum absolute atomic E-state index is 0.117. The quantitative estimate of drug-likeness (QED) is 0.549. The van der Waals surface area contributed by atoms with Gasteiger partial charge in [0.05, 0.1) is 5.56 Å². The van der Waals surface area contributed by atoms with Crippen molar-refractivity contribution in [2.75, 3.05) is 0 Å². The van der Waals surface area contributed by atoms with E-state index in [2.05, 4.69) is 10.2 Å². The van der Waals surface area contributed by atoms with Crippen LogP contribution in [0.3, 0.4) is 0 Å². The van der Waals surface area contributed by atoms with Gasteiger partial charge in [-0.15, -0.1) is 10.2 Å². The lowest BCUT2D eigenvalue weighted by atomic mass is 10.0. The fourth-order valence-electron chi connectivity index (χ4n) is 3.25. The zero-order chi connectivity index (χ0) is 23.8. The zero-order valence-corrected chi connectivity index (χ0v) is 17.3. The summed E-state index contributed by atoms with van der Waals surface area (Å²) in [6.07, 6.45) is -4.80. The van der Waals surface area contributed by atoms with E-state index in [-0.39, 0.29) is 35.1 Å². The van der Waals surface area contributed by atoms with Gasteiger partial charge in [0.2, 0.25) is 5.91 Å². The summed E-state index contributed by atoms with van der Waals surface area (Å²) in [6.45, 7) is 4.87. The maximum Gasteiger partial charge on any atom is 0.417 e. The second-order valence-corrected chi connectivity index (χ2v) is 7.40. The molecule has 32 heavy (non-hydrogen) atoms. The molecule has 3 aromatic rings. The van der Waals surface area contributed by atoms with E-state index in [1.807, 2.05) is 0 Å². The van der Waals surface area contributed by atoms with E-state index >= 15 is 0 Å². The lowest BCUT2D eigenvalue weighted by molar-refractivity contribution is -0.137. The van der Waals surface area contributed by atoms with Crippen LogP contribution >= 0.6 is 0 Å². The molecular formula is C21H19F5N4O2. The van der Waals surface area contributed by atoms with Gasteiger partial charge in [0.1, 0.15) is 5.82 Å². The molecule has 1 aromatic heterocycles. The highest BCUT2D eigenvalue weighted by atomic mass is 19.4. The number of aromatic nitrogens is 3. The number of carbonyl (C=O) groups excluding carboxylic acids is 1. The first-order valence-electron chi connectivity index (χ1n) is 9.44. The molecule has 1 amide bonds. The van der Waals surface area contributed by atoms with Gasteiger partial charge in [-0.3, -0.25) is 4.79 Å². The highest BCUT2D eigenvalue weighted by molar-refractivity contribution is 5.93. The van der Waals surface area contributed by atoms with Crippen LogP contribution in [0, 0.1) is 11.6 Å². The number of rotatable bonds is 6. The first-order valence-corrected chi connectivity index (χ1v) is 9.44. The van der Waals surface area contributed by atoms with Gasteiger partial charge in [-0.05, 0) is 51.1 Å².